The summed E-state index contributed by atoms with van der Waals surface area (Å²) < 4.78 is 14.1. The molecule has 11 heteroatoms. The Kier molecular flexibility index (Phi) is 5.80. The lowest BCUT2D eigenvalue weighted by atomic mass is 9.87. The molecule has 0 radical (unpaired) electrons. The molecular formula is C18H20ClFN6OS2. The molecule has 1 unspecified atom stereocenters. The van der Waals surface area contributed by atoms with Crippen LogP contribution in [0.15, 0.2) is 23.3 Å². The van der Waals surface area contributed by atoms with Crippen LogP contribution in [-0.4, -0.2) is 39.1 Å². The van der Waals surface area contributed by atoms with Crippen LogP contribution in [0.4, 0.5) is 10.3 Å². The van der Waals surface area contributed by atoms with E-state index in [1.54, 1.807) is 6.07 Å². The van der Waals surface area contributed by atoms with Crippen molar-refractivity contribution in [1.29, 1.82) is 5.26 Å². The molecule has 1 fully saturated rings. The minimum atomic E-state index is -1.42. The molecule has 2 atom stereocenters. The number of aliphatic imine (C=N–C) groups is 1. The van der Waals surface area contributed by atoms with Gasteiger partial charge in [-0.3, -0.25) is 0 Å². The van der Waals surface area contributed by atoms with Gasteiger partial charge in [-0.25, -0.2) is 19.4 Å². The van der Waals surface area contributed by atoms with Gasteiger partial charge in [0.05, 0.1) is 12.7 Å². The highest BCUT2D eigenvalue weighted by molar-refractivity contribution is 8.13. The number of thioether (sulfide) groups is 1. The van der Waals surface area contributed by atoms with Gasteiger partial charge in [0.25, 0.3) is 0 Å². The molecule has 2 aliphatic heterocycles. The van der Waals surface area contributed by atoms with Gasteiger partial charge in [0, 0.05) is 23.1 Å². The Labute approximate surface area is 182 Å². The number of anilines is 1. The number of nitrogens with two attached hydrogens (primary N) is 1. The van der Waals surface area contributed by atoms with Crippen molar-refractivity contribution in [3.8, 4) is 6.07 Å². The van der Waals surface area contributed by atoms with Gasteiger partial charge < -0.3 is 15.7 Å². The van der Waals surface area contributed by atoms with Gasteiger partial charge in [0.2, 0.25) is 5.95 Å². The molecule has 4 heterocycles. The van der Waals surface area contributed by atoms with Crippen LogP contribution in [0.5, 0.6) is 0 Å². The van der Waals surface area contributed by atoms with Gasteiger partial charge in [-0.15, -0.1) is 23.7 Å². The van der Waals surface area contributed by atoms with Crippen LogP contribution >= 0.6 is 35.5 Å². The second-order valence-corrected chi connectivity index (χ2v) is 9.59. The summed E-state index contributed by atoms with van der Waals surface area (Å²) >= 11 is 2.92. The van der Waals surface area contributed by atoms with E-state index in [1.807, 2.05) is 11.0 Å². The van der Waals surface area contributed by atoms with Crippen LogP contribution in [0.1, 0.15) is 29.3 Å². The molecule has 2 aromatic rings. The standard InChI is InChI=1S/C18H19FN6OS2.ClH/c1-17(2,26)14-12(19)6-22-16(23-14)25-7-10-8-27-15(21)24-18(10,9-25)13-4-3-11(5-20)28-13;/h3-4,6,10,26H,7-9H2,1-2H3,(H2,21,24);1H/t10-,18?;/m0./s1. The van der Waals surface area contributed by atoms with Crippen molar-refractivity contribution in [2.24, 2.45) is 16.6 Å². The number of rotatable bonds is 3. The van der Waals surface area contributed by atoms with Gasteiger partial charge in [0.15, 0.2) is 11.0 Å². The number of aliphatic hydroxyl groups is 1. The Morgan fingerprint density at radius 2 is 2.21 bits per heavy atom. The van der Waals surface area contributed by atoms with Crippen molar-refractivity contribution in [3.05, 3.63) is 39.6 Å². The van der Waals surface area contributed by atoms with E-state index in [2.05, 4.69) is 16.0 Å². The minimum absolute atomic E-state index is 0. The molecule has 4 rings (SSSR count). The number of hydrogen-bond acceptors (Lipinski definition) is 9. The molecule has 2 aromatic heterocycles. The quantitative estimate of drug-likeness (QED) is 0.733. The number of thiophene rings is 1. The topological polar surface area (TPSA) is 111 Å². The first kappa shape index (κ1) is 21.8. The number of nitriles is 1. The Bertz CT molecular complexity index is 1000. The average Bonchev–Trinajstić information content (AvgIpc) is 3.26. The van der Waals surface area contributed by atoms with Gasteiger partial charge in [0.1, 0.15) is 27.8 Å². The summed E-state index contributed by atoms with van der Waals surface area (Å²) in [5.41, 5.74) is 4.02. The predicted octanol–water partition coefficient (Wildman–Crippen LogP) is 2.59. The van der Waals surface area contributed by atoms with Gasteiger partial charge in [-0.05, 0) is 26.0 Å². The highest BCUT2D eigenvalue weighted by Crippen LogP contribution is 2.48. The predicted molar refractivity (Wildman–Crippen MR) is 115 cm³/mol. The summed E-state index contributed by atoms with van der Waals surface area (Å²) in [6.07, 6.45) is 1.09. The maximum Gasteiger partial charge on any atom is 0.225 e. The maximum atomic E-state index is 14.1. The average molecular weight is 455 g/mol. The van der Waals surface area contributed by atoms with Crippen molar-refractivity contribution in [2.75, 3.05) is 23.7 Å². The SMILES string of the molecule is CC(C)(O)c1nc(N2C[C@H]3CSC(N)=NC3(c3ccc(C#N)s3)C2)ncc1F.Cl. The van der Waals surface area contributed by atoms with Crippen LogP contribution in [0.25, 0.3) is 0 Å². The Balaban J connectivity index is 0.00000240. The number of halogens is 2. The van der Waals surface area contributed by atoms with Gasteiger partial charge >= 0.3 is 0 Å². The fourth-order valence-electron chi connectivity index (χ4n) is 3.69. The monoisotopic (exact) mass is 454 g/mol. The first-order valence-electron chi connectivity index (χ1n) is 8.72. The highest BCUT2D eigenvalue weighted by Gasteiger charge is 2.51. The molecule has 0 aromatic carbocycles. The van der Waals surface area contributed by atoms with E-state index in [1.165, 1.54) is 36.9 Å². The third kappa shape index (κ3) is 3.80. The van der Waals surface area contributed by atoms with Crippen molar-refractivity contribution in [2.45, 2.75) is 25.0 Å². The first-order valence-corrected chi connectivity index (χ1v) is 10.5. The van der Waals surface area contributed by atoms with E-state index in [0.29, 0.717) is 29.1 Å². The maximum absolute atomic E-state index is 14.1. The molecule has 1 saturated heterocycles. The number of hydrogen-bond donors (Lipinski definition) is 2. The lowest BCUT2D eigenvalue weighted by Gasteiger charge is -2.33. The smallest absolute Gasteiger partial charge is 0.225 e. The van der Waals surface area contributed by atoms with Crippen molar-refractivity contribution in [3.63, 3.8) is 0 Å². The second kappa shape index (κ2) is 7.72. The fourth-order valence-corrected chi connectivity index (χ4v) is 5.68. The third-order valence-corrected chi connectivity index (χ3v) is 7.14. The van der Waals surface area contributed by atoms with E-state index in [4.69, 9.17) is 10.7 Å². The van der Waals surface area contributed by atoms with E-state index >= 15 is 0 Å². The van der Waals surface area contributed by atoms with Crippen LogP contribution in [0.2, 0.25) is 0 Å². The summed E-state index contributed by atoms with van der Waals surface area (Å²) in [5.74, 6) is 0.639. The molecule has 154 valence electrons. The zero-order valence-corrected chi connectivity index (χ0v) is 18.2. The van der Waals surface area contributed by atoms with E-state index < -0.39 is 17.0 Å². The summed E-state index contributed by atoms with van der Waals surface area (Å²) in [4.78, 5) is 16.8. The summed E-state index contributed by atoms with van der Waals surface area (Å²) in [7, 11) is 0. The molecule has 7 nitrogen and oxygen atoms in total. The third-order valence-electron chi connectivity index (χ3n) is 5.03. The van der Waals surface area contributed by atoms with Crippen LogP contribution < -0.4 is 10.6 Å². The van der Waals surface area contributed by atoms with E-state index in [0.717, 1.165) is 16.8 Å². The fraction of sp³-hybridized carbons (Fsp3) is 0.444. The van der Waals surface area contributed by atoms with Crippen LogP contribution in [-0.2, 0) is 11.1 Å². The molecule has 0 aliphatic carbocycles. The van der Waals surface area contributed by atoms with Crippen molar-refractivity contribution in [1.82, 2.24) is 9.97 Å². The number of aromatic nitrogens is 2. The molecule has 29 heavy (non-hydrogen) atoms. The van der Waals surface area contributed by atoms with Crippen LogP contribution in [0, 0.1) is 23.1 Å². The Morgan fingerprint density at radius 3 is 2.86 bits per heavy atom. The van der Waals surface area contributed by atoms with Crippen molar-refractivity contribution < 1.29 is 9.50 Å². The molecule has 0 spiro atoms. The molecular weight excluding hydrogens is 435 g/mol. The molecule has 3 N–H and O–H groups in total. The lowest BCUT2D eigenvalue weighted by molar-refractivity contribution is 0.0693. The van der Waals surface area contributed by atoms with Gasteiger partial charge in [-0.2, -0.15) is 5.26 Å². The zero-order valence-electron chi connectivity index (χ0n) is 15.8. The number of nitrogens with zero attached hydrogens (tertiary/aromatic N) is 5. The lowest BCUT2D eigenvalue weighted by Crippen LogP contribution is -2.39. The molecule has 0 amide bonds. The number of amidine groups is 1. The Morgan fingerprint density at radius 1 is 1.45 bits per heavy atom. The largest absolute Gasteiger partial charge is 0.384 e. The summed E-state index contributed by atoms with van der Waals surface area (Å²) in [6, 6.07) is 5.90. The minimum Gasteiger partial charge on any atom is -0.384 e. The first-order chi connectivity index (χ1) is 13.2. The van der Waals surface area contributed by atoms with Crippen LogP contribution in [0.3, 0.4) is 0 Å². The van der Waals surface area contributed by atoms with E-state index in [9.17, 15) is 14.8 Å². The van der Waals surface area contributed by atoms with Gasteiger partial charge in [-0.1, -0.05) is 11.8 Å². The summed E-state index contributed by atoms with van der Waals surface area (Å²) in [6.45, 7) is 4.08. The Hall–Kier alpha value is -1.93. The van der Waals surface area contributed by atoms with E-state index in [-0.39, 0.29) is 24.0 Å². The number of fused-ring (bicyclic) bond motifs is 1. The molecule has 2 aliphatic rings. The molecule has 0 saturated carbocycles. The zero-order chi connectivity index (χ0) is 20.1. The summed E-state index contributed by atoms with van der Waals surface area (Å²) in [5, 5.41) is 19.9. The normalized spacial score (nSPS) is 23.8. The van der Waals surface area contributed by atoms with Crippen molar-refractivity contribution >= 4 is 46.6 Å². The highest BCUT2D eigenvalue weighted by atomic mass is 35.5. The molecule has 0 bridgehead atoms. The second-order valence-electron chi connectivity index (χ2n) is 7.46.